The van der Waals surface area contributed by atoms with E-state index in [0.717, 1.165) is 25.7 Å². The first kappa shape index (κ1) is 32.1. The molecule has 246 valence electrons. The summed E-state index contributed by atoms with van der Waals surface area (Å²) in [5, 5.41) is 42.9. The van der Waals surface area contributed by atoms with Crippen molar-refractivity contribution in [2.45, 2.75) is 139 Å². The van der Waals surface area contributed by atoms with Crippen LogP contribution in [0.25, 0.3) is 0 Å². The molecule has 9 nitrogen and oxygen atoms in total. The second kappa shape index (κ2) is 9.80. The van der Waals surface area contributed by atoms with Crippen LogP contribution in [0.2, 0.25) is 0 Å². The van der Waals surface area contributed by atoms with E-state index < -0.39 is 53.2 Å². The van der Waals surface area contributed by atoms with Crippen molar-refractivity contribution in [3.63, 3.8) is 0 Å². The fourth-order valence-electron chi connectivity index (χ4n) is 11.5. The molecule has 2 aliphatic heterocycles. The summed E-state index contributed by atoms with van der Waals surface area (Å²) in [6.07, 6.45) is 0.891. The first-order valence-electron chi connectivity index (χ1n) is 16.5. The highest BCUT2D eigenvalue weighted by Gasteiger charge is 2.84. The van der Waals surface area contributed by atoms with Gasteiger partial charge in [-0.3, -0.25) is 9.59 Å². The average Bonchev–Trinajstić information content (AvgIpc) is 3.78. The lowest BCUT2D eigenvalue weighted by atomic mass is 9.44. The molecule has 14 atom stereocenters. The summed E-state index contributed by atoms with van der Waals surface area (Å²) in [6, 6.07) is 0. The summed E-state index contributed by atoms with van der Waals surface area (Å²) in [4.78, 5) is 27.0. The molecule has 44 heavy (non-hydrogen) atoms. The lowest BCUT2D eigenvalue weighted by Crippen LogP contribution is -2.59. The second-order valence-corrected chi connectivity index (χ2v) is 18.4. The summed E-state index contributed by atoms with van der Waals surface area (Å²) in [6.45, 7) is 12.6. The zero-order valence-corrected chi connectivity index (χ0v) is 28.9. The molecule has 0 radical (unpaired) electrons. The summed E-state index contributed by atoms with van der Waals surface area (Å²) >= 11 is 2.31. The van der Waals surface area contributed by atoms with Crippen molar-refractivity contribution in [3.8, 4) is 0 Å². The molecule has 2 spiro atoms. The van der Waals surface area contributed by atoms with E-state index >= 15 is 0 Å². The molecule has 4 saturated carbocycles. The number of carbonyl (C=O) groups excluding carboxylic acids is 2. The Kier molecular flexibility index (Phi) is 7.15. The fraction of sp³-hybridized carbons (Fsp3) is 0.882. The van der Waals surface area contributed by atoms with Gasteiger partial charge in [-0.1, -0.05) is 61.9 Å². The van der Waals surface area contributed by atoms with Gasteiger partial charge in [0.1, 0.15) is 30.2 Å². The molecule has 5 aliphatic carbocycles. The molecule has 0 bridgehead atoms. The predicted molar refractivity (Wildman–Crippen MR) is 168 cm³/mol. The molecular weight excluding hydrogens is 679 g/mol. The summed E-state index contributed by atoms with van der Waals surface area (Å²) in [5.74, 6) is 0.179. The molecule has 6 fully saturated rings. The fourth-order valence-corrected chi connectivity index (χ4v) is 13.1. The van der Waals surface area contributed by atoms with Crippen LogP contribution in [0.4, 0.5) is 0 Å². The van der Waals surface area contributed by atoms with Crippen LogP contribution in [0.1, 0.15) is 86.5 Å². The molecule has 0 amide bonds. The number of allylic oxidation sites excluding steroid dienone is 1. The maximum Gasteiger partial charge on any atom is 0.186 e. The minimum absolute atomic E-state index is 0.0612. The molecule has 7 aliphatic rings. The number of rotatable bonds is 6. The Hall–Kier alpha value is -0.470. The molecular formula is C34H49IO9. The highest BCUT2D eigenvalue weighted by Crippen LogP contribution is 2.87. The Morgan fingerprint density at radius 2 is 1.80 bits per heavy atom. The van der Waals surface area contributed by atoms with Crippen LogP contribution in [-0.2, 0) is 23.8 Å². The molecule has 2 heterocycles. The van der Waals surface area contributed by atoms with Crippen molar-refractivity contribution in [1.29, 1.82) is 0 Å². The predicted octanol–water partition coefficient (Wildman–Crippen LogP) is 3.26. The third-order valence-electron chi connectivity index (χ3n) is 14.0. The Labute approximate surface area is 273 Å². The smallest absolute Gasteiger partial charge is 0.186 e. The van der Waals surface area contributed by atoms with E-state index in [4.69, 9.17) is 14.2 Å². The number of fused-ring (bicyclic) bond motifs is 2. The van der Waals surface area contributed by atoms with E-state index in [0.29, 0.717) is 19.3 Å². The van der Waals surface area contributed by atoms with Crippen LogP contribution in [0.3, 0.4) is 0 Å². The van der Waals surface area contributed by atoms with Crippen molar-refractivity contribution in [1.82, 2.24) is 0 Å². The van der Waals surface area contributed by atoms with Gasteiger partial charge in [0, 0.05) is 33.5 Å². The number of ether oxygens (including phenoxy) is 3. The Morgan fingerprint density at radius 1 is 1.11 bits per heavy atom. The van der Waals surface area contributed by atoms with Crippen molar-refractivity contribution in [2.24, 2.45) is 38.9 Å². The molecule has 0 aromatic carbocycles. The van der Waals surface area contributed by atoms with E-state index in [1.807, 2.05) is 13.8 Å². The topological polar surface area (TPSA) is 146 Å². The summed E-state index contributed by atoms with van der Waals surface area (Å²) in [5.41, 5.74) is -0.786. The maximum absolute atomic E-state index is 13.9. The number of aliphatic hydroxyl groups is 4. The van der Waals surface area contributed by atoms with Gasteiger partial charge in [-0.25, -0.2) is 0 Å². The first-order chi connectivity index (χ1) is 20.4. The van der Waals surface area contributed by atoms with Gasteiger partial charge in [0.2, 0.25) is 0 Å². The molecule has 10 heteroatoms. The van der Waals surface area contributed by atoms with Crippen molar-refractivity contribution >= 4 is 34.2 Å². The van der Waals surface area contributed by atoms with Crippen LogP contribution in [0, 0.1) is 38.9 Å². The quantitative estimate of drug-likeness (QED) is 0.140. The van der Waals surface area contributed by atoms with Crippen LogP contribution in [0.5, 0.6) is 0 Å². The summed E-state index contributed by atoms with van der Waals surface area (Å²) in [7, 11) is 0. The first-order valence-corrected chi connectivity index (χ1v) is 17.7. The van der Waals surface area contributed by atoms with Gasteiger partial charge in [-0.2, -0.15) is 0 Å². The molecule has 0 aromatic rings. The van der Waals surface area contributed by atoms with Gasteiger partial charge in [-0.15, -0.1) is 0 Å². The van der Waals surface area contributed by atoms with Gasteiger partial charge in [0.15, 0.2) is 12.1 Å². The molecule has 2 saturated heterocycles. The van der Waals surface area contributed by atoms with E-state index in [2.05, 4.69) is 56.4 Å². The van der Waals surface area contributed by atoms with Crippen LogP contribution in [-0.4, -0.2) is 91.0 Å². The minimum atomic E-state index is -1.33. The number of alkyl halides is 1. The van der Waals surface area contributed by atoms with Gasteiger partial charge >= 0.3 is 0 Å². The van der Waals surface area contributed by atoms with E-state index in [9.17, 15) is 30.0 Å². The third kappa shape index (κ3) is 4.00. The third-order valence-corrected chi connectivity index (χ3v) is 15.2. The van der Waals surface area contributed by atoms with Crippen molar-refractivity contribution < 1.29 is 44.2 Å². The SMILES string of the molecule is CC1(C)O[C@H]1C(=O)C[C@@H](I)[C@H]1C(=O)C[C@@]2(C)C3=CCC4C(C)(C)[C@@H](O[C@@H]5OC[C@@H](O)C(O)[C@@H]5O)CC[C@@]45C[C@@]35C(O)C[C@]12C. The molecule has 3 unspecified atom stereocenters. The zero-order chi connectivity index (χ0) is 32.0. The van der Waals surface area contributed by atoms with Crippen LogP contribution in [0.15, 0.2) is 11.6 Å². The number of Topliss-reactive ketones (excluding diaryl/α,β-unsaturated/α-hetero) is 2. The number of halogens is 1. The maximum atomic E-state index is 13.9. The highest BCUT2D eigenvalue weighted by atomic mass is 127. The number of ketones is 2. The molecule has 4 N–H and O–H groups in total. The van der Waals surface area contributed by atoms with Crippen LogP contribution < -0.4 is 0 Å². The number of carbonyl (C=O) groups is 2. The van der Waals surface area contributed by atoms with Gasteiger partial charge in [-0.05, 0) is 68.1 Å². The van der Waals surface area contributed by atoms with Gasteiger partial charge in [0.25, 0.3) is 0 Å². The largest absolute Gasteiger partial charge is 0.392 e. The Bertz CT molecular complexity index is 1300. The summed E-state index contributed by atoms with van der Waals surface area (Å²) < 4.78 is 17.4. The molecule has 7 rings (SSSR count). The van der Waals surface area contributed by atoms with Crippen molar-refractivity contribution in [2.75, 3.05) is 6.61 Å². The average molecular weight is 729 g/mol. The van der Waals surface area contributed by atoms with Crippen LogP contribution >= 0.6 is 22.6 Å². The number of hydrogen-bond acceptors (Lipinski definition) is 9. The van der Waals surface area contributed by atoms with E-state index in [1.165, 1.54) is 5.57 Å². The van der Waals surface area contributed by atoms with Gasteiger partial charge < -0.3 is 34.6 Å². The highest BCUT2D eigenvalue weighted by molar-refractivity contribution is 14.1. The Morgan fingerprint density at radius 3 is 2.45 bits per heavy atom. The standard InChI is InChI=1S/C34H49IO9/c1-29(2)20-7-8-21-31(5)12-18(37)24(16(35)11-17(36)27-30(3,4)44-27)32(31,6)13-22(39)34(21)15-33(20,34)10-9-23(29)43-28-26(41)25(40)19(38)14-42-28/h8,16,19-20,22-28,38-41H,7,9-15H2,1-6H3/t16-,19-,20?,22?,23+,24+,25?,26+,27+,28+,31+,32-,33-,34+/m1/s1. The second-order valence-electron chi connectivity index (χ2n) is 16.8. The Balaban J connectivity index is 1.15. The number of epoxide rings is 1. The number of aliphatic hydroxyl groups excluding tert-OH is 4. The lowest BCUT2D eigenvalue weighted by Gasteiger charge is -2.61. The minimum Gasteiger partial charge on any atom is -0.392 e. The number of hydrogen-bond donors (Lipinski definition) is 4. The molecule has 0 aromatic heterocycles. The normalized spacial score (nSPS) is 53.8. The monoisotopic (exact) mass is 728 g/mol. The van der Waals surface area contributed by atoms with E-state index in [1.54, 1.807) is 0 Å². The lowest BCUT2D eigenvalue weighted by molar-refractivity contribution is -0.301. The van der Waals surface area contributed by atoms with Crippen molar-refractivity contribution in [3.05, 3.63) is 11.6 Å². The van der Waals surface area contributed by atoms with Gasteiger partial charge in [0.05, 0.1) is 24.4 Å². The van der Waals surface area contributed by atoms with E-state index in [-0.39, 0.29) is 56.3 Å². The zero-order valence-electron chi connectivity index (χ0n) is 26.7.